The van der Waals surface area contributed by atoms with Crippen molar-refractivity contribution in [3.05, 3.63) is 0 Å². The minimum Gasteiger partial charge on any atom is -0.550 e. The summed E-state index contributed by atoms with van der Waals surface area (Å²) < 4.78 is 15.4. The van der Waals surface area contributed by atoms with Crippen molar-refractivity contribution in [2.75, 3.05) is 19.8 Å². The Bertz CT molecular complexity index is 749. The van der Waals surface area contributed by atoms with Crippen LogP contribution in [0.3, 0.4) is 0 Å². The van der Waals surface area contributed by atoms with E-state index in [1.165, 1.54) is 0 Å². The third-order valence-electron chi connectivity index (χ3n) is 5.32. The van der Waals surface area contributed by atoms with Crippen molar-refractivity contribution in [1.29, 1.82) is 0 Å². The number of aliphatic hydroxyl groups is 9. The van der Waals surface area contributed by atoms with Gasteiger partial charge in [-0.1, -0.05) is 0 Å². The summed E-state index contributed by atoms with van der Waals surface area (Å²) in [4.78, 5) is 30.0. The summed E-state index contributed by atoms with van der Waals surface area (Å²) in [6.45, 7) is -2.32. The van der Waals surface area contributed by atoms with Gasteiger partial charge in [0, 0.05) is 24.8 Å². The van der Waals surface area contributed by atoms with E-state index in [1.807, 2.05) is 0 Å². The summed E-state index contributed by atoms with van der Waals surface area (Å²) >= 11 is 0. The van der Waals surface area contributed by atoms with Gasteiger partial charge < -0.3 is 89.9 Å². The van der Waals surface area contributed by atoms with E-state index in [1.54, 1.807) is 0 Å². The van der Waals surface area contributed by atoms with E-state index in [4.69, 9.17) is 29.5 Å². The van der Waals surface area contributed by atoms with Crippen LogP contribution in [0.25, 0.3) is 0 Å². The average molecular weight is 587 g/mol. The van der Waals surface area contributed by atoms with Gasteiger partial charge in [0.1, 0.15) is 54.9 Å². The van der Waals surface area contributed by atoms with Crippen LogP contribution in [0.2, 0.25) is 0 Å². The largest absolute Gasteiger partial charge is 3.00 e. The molecule has 19 heteroatoms. The summed E-state index contributed by atoms with van der Waals surface area (Å²) in [6.07, 6.45) is -15.4. The molecule has 215 valence electrons. The fourth-order valence-corrected chi connectivity index (χ4v) is 3.32. The molecule has 0 bridgehead atoms. The van der Waals surface area contributed by atoms with Crippen molar-refractivity contribution in [3.8, 4) is 0 Å². The Labute approximate surface area is 218 Å². The second-order valence-electron chi connectivity index (χ2n) is 7.98. The van der Waals surface area contributed by atoms with E-state index in [0.29, 0.717) is 0 Å². The number of ether oxygens (including phenoxy) is 3. The maximum absolute atomic E-state index is 10.1. The summed E-state index contributed by atoms with van der Waals surface area (Å²) in [5.74, 6) is -8.21. The molecule has 0 unspecified atom stereocenters. The molecule has 9 atom stereocenters. The zero-order valence-corrected chi connectivity index (χ0v) is 19.8. The Balaban J connectivity index is 0.000000797. The first-order valence-corrected chi connectivity index (χ1v) is 10.2. The molecule has 9 N–H and O–H groups in total. The van der Waals surface area contributed by atoms with Gasteiger partial charge in [0.25, 0.3) is 0 Å². The normalized spacial score (nSPS) is 35.6. The Hall–Kier alpha value is -1.55. The first-order valence-electron chi connectivity index (χ1n) is 10.2. The van der Waals surface area contributed by atoms with Crippen molar-refractivity contribution in [2.24, 2.45) is 0 Å². The van der Waals surface area contributed by atoms with Gasteiger partial charge in [-0.25, -0.2) is 0 Å². The van der Waals surface area contributed by atoms with Gasteiger partial charge in [0.05, 0.1) is 19.2 Å². The summed E-state index contributed by atoms with van der Waals surface area (Å²) in [5.41, 5.74) is -2.97. The summed E-state index contributed by atoms with van der Waals surface area (Å²) in [6, 6.07) is 0. The molecular formula is C18H27FeO18. The molecule has 18 nitrogen and oxygen atoms in total. The molecule has 0 aliphatic carbocycles. The van der Waals surface area contributed by atoms with Gasteiger partial charge in [-0.05, 0) is 0 Å². The number of carbonyl (C=O) groups excluding carboxylic acids is 3. The van der Waals surface area contributed by atoms with Crippen LogP contribution < -0.4 is 15.3 Å². The van der Waals surface area contributed by atoms with Crippen LogP contribution in [0.1, 0.15) is 12.8 Å². The molecule has 1 radical (unpaired) electrons. The van der Waals surface area contributed by atoms with Crippen molar-refractivity contribution >= 4 is 17.9 Å². The predicted molar refractivity (Wildman–Crippen MR) is 97.8 cm³/mol. The second-order valence-corrected chi connectivity index (χ2v) is 7.98. The molecule has 0 spiro atoms. The van der Waals surface area contributed by atoms with E-state index in [9.17, 15) is 60.3 Å². The van der Waals surface area contributed by atoms with Crippen molar-refractivity contribution in [1.82, 2.24) is 0 Å². The molecular weight excluding hydrogens is 560 g/mol. The molecule has 2 rings (SSSR count). The van der Waals surface area contributed by atoms with Crippen LogP contribution in [-0.4, -0.2) is 144 Å². The Morgan fingerprint density at radius 1 is 0.811 bits per heavy atom. The minimum absolute atomic E-state index is 0. The molecule has 0 saturated carbocycles. The van der Waals surface area contributed by atoms with Crippen LogP contribution >= 0.6 is 0 Å². The number of aliphatic carboxylic acids is 3. The third-order valence-corrected chi connectivity index (χ3v) is 5.32. The number of rotatable bonds is 10. The standard InChI is InChI=1S/C12H22O11.C6H8O7.Fe/c13-1-4-6(16)8(18)9(19)11(21-4)23-12(3-15)10(20)7(17)5(2-14)22-12;7-3(8)1-6(13,5(11)12)2-4(9)10;/h4-11,13-20H,1-3H2;13H,1-2H2,(H,7,8)(H,9,10)(H,11,12);/q;;+3/p-3/t4-,5-,6-,7-,8+,9-,10+,11-,12+;;/m1../s1. The van der Waals surface area contributed by atoms with Gasteiger partial charge in [-0.3, -0.25) is 0 Å². The molecule has 0 aromatic rings. The zero-order valence-electron chi connectivity index (χ0n) is 18.7. The quantitative estimate of drug-likeness (QED) is 0.107. The summed E-state index contributed by atoms with van der Waals surface area (Å²) in [5, 5.41) is 116. The Morgan fingerprint density at radius 2 is 1.30 bits per heavy atom. The van der Waals surface area contributed by atoms with Gasteiger partial charge >= 0.3 is 17.1 Å². The number of aliphatic hydroxyl groups excluding tert-OH is 8. The van der Waals surface area contributed by atoms with E-state index in [2.05, 4.69) is 0 Å². The van der Waals surface area contributed by atoms with Crippen molar-refractivity contribution < 1.29 is 107 Å². The Kier molecular flexibility index (Phi) is 14.0. The molecule has 2 saturated heterocycles. The predicted octanol–water partition coefficient (Wildman–Crippen LogP) is -10.7. The van der Waals surface area contributed by atoms with Crippen LogP contribution in [0, 0.1) is 0 Å². The fraction of sp³-hybridized carbons (Fsp3) is 0.833. The van der Waals surface area contributed by atoms with Crippen LogP contribution in [-0.2, 0) is 45.7 Å². The zero-order chi connectivity index (χ0) is 28.0. The third kappa shape index (κ3) is 8.47. The maximum atomic E-state index is 10.1. The number of carbonyl (C=O) groups is 3. The van der Waals surface area contributed by atoms with Gasteiger partial charge in [-0.15, -0.1) is 0 Å². The SMILES string of the molecule is O=C([O-])CC(O)(CC(=O)[O-])C(=O)[O-].OC[C@H]1O[C@@](CO)(O[C@H]2O[C@H](CO)[C@@H](O)[C@H](O)[C@H]2O)[C@@H](O)[C@@H]1O.[Fe+3]. The number of carboxylic acids is 3. The van der Waals surface area contributed by atoms with Gasteiger partial charge in [0.15, 0.2) is 6.29 Å². The van der Waals surface area contributed by atoms with Gasteiger partial charge in [-0.2, -0.15) is 0 Å². The second kappa shape index (κ2) is 14.6. The van der Waals surface area contributed by atoms with Crippen LogP contribution in [0.15, 0.2) is 0 Å². The number of carboxylic acid groups (broad SMARTS) is 3. The molecule has 0 amide bonds. The fourth-order valence-electron chi connectivity index (χ4n) is 3.32. The molecule has 2 aliphatic rings. The molecule has 2 aliphatic heterocycles. The first kappa shape index (κ1) is 35.4. The van der Waals surface area contributed by atoms with E-state index in [0.717, 1.165) is 0 Å². The van der Waals surface area contributed by atoms with E-state index in [-0.39, 0.29) is 17.1 Å². The number of hydrogen-bond acceptors (Lipinski definition) is 18. The smallest absolute Gasteiger partial charge is 0.550 e. The average Bonchev–Trinajstić information content (AvgIpc) is 3.03. The molecule has 2 fully saturated rings. The molecule has 2 heterocycles. The topological polar surface area (TPSA) is 330 Å². The Morgan fingerprint density at radius 3 is 1.65 bits per heavy atom. The molecule has 0 aromatic heterocycles. The minimum atomic E-state index is -2.97. The van der Waals surface area contributed by atoms with Crippen LogP contribution in [0.4, 0.5) is 0 Å². The monoisotopic (exact) mass is 587 g/mol. The van der Waals surface area contributed by atoms with Crippen molar-refractivity contribution in [2.45, 2.75) is 73.2 Å². The number of hydrogen-bond donors (Lipinski definition) is 9. The van der Waals surface area contributed by atoms with Crippen molar-refractivity contribution in [3.63, 3.8) is 0 Å². The molecule has 0 aromatic carbocycles. The first-order chi connectivity index (χ1) is 16.6. The van der Waals surface area contributed by atoms with Crippen LogP contribution in [0.5, 0.6) is 0 Å². The van der Waals surface area contributed by atoms with Gasteiger partial charge in [0.2, 0.25) is 5.79 Å². The summed E-state index contributed by atoms with van der Waals surface area (Å²) in [7, 11) is 0. The van der Waals surface area contributed by atoms with E-state index < -0.39 is 111 Å². The maximum Gasteiger partial charge on any atom is 3.00 e. The molecule has 37 heavy (non-hydrogen) atoms. The van der Waals surface area contributed by atoms with E-state index >= 15 is 0 Å².